The summed E-state index contributed by atoms with van der Waals surface area (Å²) in [5, 5.41) is 24.0. The van der Waals surface area contributed by atoms with E-state index in [9.17, 15) is 29.4 Å². The zero-order valence-electron chi connectivity index (χ0n) is 41.2. The number of esters is 1. The van der Waals surface area contributed by atoms with Crippen LogP contribution in [0.4, 0.5) is 0 Å². The number of carbonyl (C=O) groups excluding carboxylic acids is 4. The van der Waals surface area contributed by atoms with Crippen LogP contribution in [0.3, 0.4) is 0 Å². The van der Waals surface area contributed by atoms with Crippen molar-refractivity contribution in [3.8, 4) is 0 Å². The number of cyclic esters (lactones) is 1. The maximum atomic E-state index is 14.5. The highest BCUT2D eigenvalue weighted by molar-refractivity contribution is 6.39. The summed E-state index contributed by atoms with van der Waals surface area (Å²) in [7, 11) is 4.77. The number of hydrogen-bond donors (Lipinski definition) is 2. The van der Waals surface area contributed by atoms with Crippen molar-refractivity contribution in [3.63, 3.8) is 0 Å². The number of ether oxygens (including phenoxy) is 6. The predicted octanol–water partition coefficient (Wildman–Crippen LogP) is 7.52. The molecule has 3 heterocycles. The maximum Gasteiger partial charge on any atom is 0.329 e. The number of methoxy groups -OCH3 is 3. The summed E-state index contributed by atoms with van der Waals surface area (Å²) in [4.78, 5) is 58.4. The highest BCUT2D eigenvalue weighted by Gasteiger charge is 2.56. The SMILES string of the molecule is CCC1/C=C(\C)CC(C)CC(OC)C2OC(O)(C(=O)C(=O)N3CCCCC3C(=O)OC(C(C)=CC3CCC(OCC=Cc4ccccc4C)C(OC)C3)C(C)C(O)CC1=O)C(C)CC2OC. The molecule has 66 heavy (non-hydrogen) atoms. The Morgan fingerprint density at radius 1 is 0.894 bits per heavy atom. The van der Waals surface area contributed by atoms with Gasteiger partial charge >= 0.3 is 5.97 Å². The Morgan fingerprint density at radius 2 is 1.59 bits per heavy atom. The standard InChI is InChI=1S/C53H79NO12/c1-11-39-26-32(2)25-33(3)27-46(62-9)49-47(63-10)29-36(6)53(60,66-49)50(57)51(58)54-23-15-14-20-41(54)52(59)65-48(37(7)42(55)31-43(39)56)35(5)28-38-21-22-44(45(30-38)61-8)64-24-16-19-40-18-13-12-17-34(40)4/h12-13,16-19,26,28,33,36-39,41-42,44-49,55,60H,11,14-15,20-25,27,29-31H2,1-10H3/b19-16?,32-26+,35-28?. The Balaban J connectivity index is 1.44. The number of rotatable bonds is 10. The van der Waals surface area contributed by atoms with Crippen LogP contribution in [-0.4, -0.2) is 128 Å². The van der Waals surface area contributed by atoms with Gasteiger partial charge in [-0.25, -0.2) is 4.79 Å². The molecule has 14 unspecified atom stereocenters. The smallest absolute Gasteiger partial charge is 0.329 e. The second-order valence-electron chi connectivity index (χ2n) is 19.7. The lowest BCUT2D eigenvalue weighted by Gasteiger charge is -2.47. The zero-order valence-corrected chi connectivity index (χ0v) is 41.2. The fourth-order valence-electron chi connectivity index (χ4n) is 10.7. The first-order chi connectivity index (χ1) is 31.4. The fraction of sp³-hybridized carbons (Fsp3) is 0.698. The largest absolute Gasteiger partial charge is 0.456 e. The number of aliphatic hydroxyl groups excluding tert-OH is 1. The highest BCUT2D eigenvalue weighted by atomic mass is 16.7. The van der Waals surface area contributed by atoms with Gasteiger partial charge in [0.1, 0.15) is 24.0 Å². The third-order valence-electron chi connectivity index (χ3n) is 14.8. The average Bonchev–Trinajstić information content (AvgIpc) is 3.30. The van der Waals surface area contributed by atoms with Crippen molar-refractivity contribution < 1.29 is 57.8 Å². The number of amides is 1. The molecule has 0 aromatic heterocycles. The number of aryl methyl sites for hydroxylation is 1. The topological polar surface area (TPSA) is 167 Å². The Hall–Kier alpha value is -3.56. The monoisotopic (exact) mass is 922 g/mol. The van der Waals surface area contributed by atoms with Crippen LogP contribution in [0.2, 0.25) is 0 Å². The van der Waals surface area contributed by atoms with Crippen molar-refractivity contribution in [1.82, 2.24) is 4.90 Å². The van der Waals surface area contributed by atoms with Gasteiger partial charge in [-0.1, -0.05) is 81.8 Å². The lowest BCUT2D eigenvalue weighted by molar-refractivity contribution is -0.302. The number of carbonyl (C=O) groups is 4. The number of piperidine rings is 1. The second-order valence-corrected chi connectivity index (χ2v) is 19.7. The van der Waals surface area contributed by atoms with E-state index < -0.39 is 77.8 Å². The summed E-state index contributed by atoms with van der Waals surface area (Å²) in [5.74, 6) is -7.43. The first-order valence-corrected chi connectivity index (χ1v) is 24.4. The van der Waals surface area contributed by atoms with Gasteiger partial charge in [-0.2, -0.15) is 0 Å². The molecule has 4 aliphatic rings. The Morgan fingerprint density at radius 3 is 2.27 bits per heavy atom. The number of allylic oxidation sites excluding steroid dienone is 3. The lowest BCUT2D eigenvalue weighted by Crippen LogP contribution is -2.64. The maximum absolute atomic E-state index is 14.5. The van der Waals surface area contributed by atoms with E-state index in [1.807, 2.05) is 45.1 Å². The van der Waals surface area contributed by atoms with Crippen molar-refractivity contribution in [3.05, 3.63) is 64.8 Å². The molecule has 1 aromatic carbocycles. The second kappa shape index (κ2) is 24.6. The number of nitrogens with zero attached hydrogens (tertiary/aromatic N) is 1. The van der Waals surface area contributed by atoms with Crippen LogP contribution in [0.1, 0.15) is 123 Å². The van der Waals surface area contributed by atoms with Crippen LogP contribution in [0, 0.1) is 36.5 Å². The molecule has 13 nitrogen and oxygen atoms in total. The molecule has 0 radical (unpaired) electrons. The molecule has 3 aliphatic heterocycles. The van der Waals surface area contributed by atoms with E-state index in [4.69, 9.17) is 28.4 Å². The first kappa shape index (κ1) is 53.4. The van der Waals surface area contributed by atoms with Gasteiger partial charge in [0, 0.05) is 52.0 Å². The molecule has 1 aliphatic carbocycles. The summed E-state index contributed by atoms with van der Waals surface area (Å²) in [6.45, 7) is 13.9. The minimum absolute atomic E-state index is 0.0328. The highest BCUT2D eigenvalue weighted by Crippen LogP contribution is 2.39. The third kappa shape index (κ3) is 13.1. The minimum Gasteiger partial charge on any atom is -0.456 e. The average molecular weight is 922 g/mol. The summed E-state index contributed by atoms with van der Waals surface area (Å²) >= 11 is 0. The quantitative estimate of drug-likeness (QED) is 0.135. The molecule has 1 saturated carbocycles. The van der Waals surface area contributed by atoms with Gasteiger partial charge in [0.25, 0.3) is 11.7 Å². The Labute approximate surface area is 393 Å². The van der Waals surface area contributed by atoms with Gasteiger partial charge in [0.2, 0.25) is 5.79 Å². The van der Waals surface area contributed by atoms with Crippen molar-refractivity contribution >= 4 is 29.5 Å². The van der Waals surface area contributed by atoms with E-state index in [0.717, 1.165) is 24.0 Å². The van der Waals surface area contributed by atoms with Gasteiger partial charge in [-0.05, 0) is 114 Å². The van der Waals surface area contributed by atoms with E-state index in [0.29, 0.717) is 50.7 Å². The lowest BCUT2D eigenvalue weighted by atomic mass is 9.81. The predicted molar refractivity (Wildman–Crippen MR) is 252 cm³/mol. The molecular weight excluding hydrogens is 843 g/mol. The van der Waals surface area contributed by atoms with Gasteiger partial charge < -0.3 is 43.5 Å². The summed E-state index contributed by atoms with van der Waals surface area (Å²) in [5.41, 5.74) is 4.04. The molecule has 13 heteroatoms. The van der Waals surface area contributed by atoms with Crippen molar-refractivity contribution in [2.75, 3.05) is 34.5 Å². The van der Waals surface area contributed by atoms with Crippen LogP contribution in [0.15, 0.2) is 53.6 Å². The van der Waals surface area contributed by atoms with E-state index >= 15 is 0 Å². The molecule has 3 fully saturated rings. The fourth-order valence-corrected chi connectivity index (χ4v) is 10.7. The summed E-state index contributed by atoms with van der Waals surface area (Å²) in [6.07, 6.45) is 8.97. The molecule has 1 aromatic rings. The Kier molecular flexibility index (Phi) is 19.9. The number of fused-ring (bicyclic) bond motifs is 3. The summed E-state index contributed by atoms with van der Waals surface area (Å²) in [6, 6.07) is 7.05. The molecule has 1 amide bonds. The van der Waals surface area contributed by atoms with Crippen LogP contribution >= 0.6 is 0 Å². The Bertz CT molecular complexity index is 1890. The number of hydrogen-bond acceptors (Lipinski definition) is 12. The molecule has 2 N–H and O–H groups in total. The van der Waals surface area contributed by atoms with Crippen molar-refractivity contribution in [1.29, 1.82) is 0 Å². The van der Waals surface area contributed by atoms with Crippen molar-refractivity contribution in [2.45, 2.75) is 174 Å². The van der Waals surface area contributed by atoms with Gasteiger partial charge in [-0.15, -0.1) is 0 Å². The molecule has 0 spiro atoms. The van der Waals surface area contributed by atoms with Crippen LogP contribution < -0.4 is 0 Å². The molecule has 14 atom stereocenters. The molecule has 2 saturated heterocycles. The molecule has 2 bridgehead atoms. The van der Waals surface area contributed by atoms with Gasteiger partial charge in [0.15, 0.2) is 0 Å². The first-order valence-electron chi connectivity index (χ1n) is 24.4. The minimum atomic E-state index is -2.51. The normalized spacial score (nSPS) is 37.2. The molecular formula is C53H79NO12. The van der Waals surface area contributed by atoms with Gasteiger partial charge in [0.05, 0.1) is 37.1 Å². The number of aliphatic hydroxyl groups is 2. The van der Waals surface area contributed by atoms with Crippen LogP contribution in [0.5, 0.6) is 0 Å². The van der Waals surface area contributed by atoms with E-state index in [1.54, 1.807) is 28.1 Å². The number of ketones is 2. The van der Waals surface area contributed by atoms with E-state index in [2.05, 4.69) is 38.1 Å². The molecule has 5 rings (SSSR count). The van der Waals surface area contributed by atoms with E-state index in [1.165, 1.54) is 17.6 Å². The van der Waals surface area contributed by atoms with Crippen molar-refractivity contribution in [2.24, 2.45) is 29.6 Å². The van der Waals surface area contributed by atoms with Gasteiger partial charge in [-0.3, -0.25) is 14.4 Å². The number of benzene rings is 1. The summed E-state index contributed by atoms with van der Waals surface area (Å²) < 4.78 is 36.7. The third-order valence-corrected chi connectivity index (χ3v) is 14.8. The molecule has 368 valence electrons. The zero-order chi connectivity index (χ0) is 48.3. The van der Waals surface area contributed by atoms with Crippen LogP contribution in [0.25, 0.3) is 6.08 Å². The van der Waals surface area contributed by atoms with E-state index in [-0.39, 0.29) is 55.6 Å². The number of Topliss-reactive ketones (excluding diaryl/α,β-unsaturated/α-hetero) is 2. The van der Waals surface area contributed by atoms with Crippen LogP contribution in [-0.2, 0) is 47.6 Å².